The Morgan fingerprint density at radius 1 is 0.729 bits per heavy atom. The molecule has 314 valence electrons. The quantitative estimate of drug-likeness (QED) is 0.0797. The van der Waals surface area contributed by atoms with Gasteiger partial charge in [-0.05, 0) is 71.0 Å². The van der Waals surface area contributed by atoms with Gasteiger partial charge in [0.15, 0.2) is 0 Å². The SMILES string of the molecule is CC(C)(C)[C@H](NC(=O)O)C(=O)N[C@@H](Cc1ccc(-c2ccccn2)cc1)C[C@H](O)[C@H](Cc1ccccc1)NC(=O)[C@@H](N1CCN(Cc2ccc(O)cc2)C1=O)C(C)(C)C. The van der Waals surface area contributed by atoms with Crippen molar-refractivity contribution in [2.45, 2.75) is 97.6 Å². The second kappa shape index (κ2) is 19.2. The molecule has 5 amide bonds. The second-order valence-corrected chi connectivity index (χ2v) is 17.5. The molecular weight excluding hydrogens is 749 g/mol. The number of hydrogen-bond acceptors (Lipinski definition) is 7. The molecule has 5 atom stereocenters. The Morgan fingerprint density at radius 2 is 1.36 bits per heavy atom. The van der Waals surface area contributed by atoms with Gasteiger partial charge in [0.25, 0.3) is 0 Å². The molecule has 1 aliphatic rings. The minimum absolute atomic E-state index is 0.0126. The first-order valence-electron chi connectivity index (χ1n) is 20.0. The number of carbonyl (C=O) groups excluding carboxylic acids is 3. The van der Waals surface area contributed by atoms with Gasteiger partial charge in [-0.2, -0.15) is 0 Å². The van der Waals surface area contributed by atoms with Crippen LogP contribution in [0.2, 0.25) is 0 Å². The van der Waals surface area contributed by atoms with Crippen molar-refractivity contribution in [3.63, 3.8) is 0 Å². The molecule has 1 fully saturated rings. The number of nitrogens with zero attached hydrogens (tertiary/aromatic N) is 3. The number of carboxylic acid groups (broad SMARTS) is 1. The van der Waals surface area contributed by atoms with Gasteiger partial charge in [0.2, 0.25) is 11.8 Å². The van der Waals surface area contributed by atoms with Crippen LogP contribution in [0.1, 0.15) is 64.7 Å². The zero-order valence-corrected chi connectivity index (χ0v) is 34.8. The molecule has 5 rings (SSSR count). The fraction of sp³-hybridized carbons (Fsp3) is 0.413. The molecule has 0 bridgehead atoms. The summed E-state index contributed by atoms with van der Waals surface area (Å²) in [5.74, 6) is -0.822. The molecule has 3 aromatic carbocycles. The van der Waals surface area contributed by atoms with Crippen LogP contribution in [-0.4, -0.2) is 97.4 Å². The molecule has 0 radical (unpaired) electrons. The van der Waals surface area contributed by atoms with Crippen molar-refractivity contribution in [3.8, 4) is 17.0 Å². The molecule has 0 unspecified atom stereocenters. The average Bonchev–Trinajstić information content (AvgIpc) is 3.52. The molecule has 0 aliphatic carbocycles. The first-order valence-corrected chi connectivity index (χ1v) is 20.0. The van der Waals surface area contributed by atoms with E-state index in [2.05, 4.69) is 20.9 Å². The minimum atomic E-state index is -1.33. The van der Waals surface area contributed by atoms with Crippen LogP contribution >= 0.6 is 0 Å². The highest BCUT2D eigenvalue weighted by molar-refractivity contribution is 5.89. The van der Waals surface area contributed by atoms with E-state index in [0.29, 0.717) is 26.1 Å². The number of nitrogens with one attached hydrogen (secondary N) is 3. The number of hydrogen-bond donors (Lipinski definition) is 6. The molecule has 1 saturated heterocycles. The number of rotatable bonds is 16. The Bertz CT molecular complexity index is 2020. The number of phenols is 1. The van der Waals surface area contributed by atoms with Gasteiger partial charge in [0.1, 0.15) is 17.8 Å². The lowest BCUT2D eigenvalue weighted by molar-refractivity contribution is -0.131. The van der Waals surface area contributed by atoms with Crippen molar-refractivity contribution in [2.24, 2.45) is 10.8 Å². The number of pyridine rings is 1. The van der Waals surface area contributed by atoms with Crippen LogP contribution < -0.4 is 16.0 Å². The largest absolute Gasteiger partial charge is 0.508 e. The summed E-state index contributed by atoms with van der Waals surface area (Å²) in [7, 11) is 0. The number of aromatic hydroxyl groups is 1. The van der Waals surface area contributed by atoms with Crippen molar-refractivity contribution in [1.82, 2.24) is 30.7 Å². The highest BCUT2D eigenvalue weighted by Gasteiger charge is 2.44. The monoisotopic (exact) mass is 806 g/mol. The maximum Gasteiger partial charge on any atom is 0.405 e. The Morgan fingerprint density at radius 3 is 1.95 bits per heavy atom. The van der Waals surface area contributed by atoms with Gasteiger partial charge in [-0.3, -0.25) is 14.6 Å². The number of carbonyl (C=O) groups is 4. The molecule has 1 aromatic heterocycles. The van der Waals surface area contributed by atoms with Crippen LogP contribution in [0.15, 0.2) is 103 Å². The van der Waals surface area contributed by atoms with Gasteiger partial charge >= 0.3 is 12.1 Å². The van der Waals surface area contributed by atoms with E-state index in [0.717, 1.165) is 27.9 Å². The Labute approximate surface area is 346 Å². The lowest BCUT2D eigenvalue weighted by atomic mass is 9.84. The minimum Gasteiger partial charge on any atom is -0.508 e. The van der Waals surface area contributed by atoms with Crippen LogP contribution in [0.3, 0.4) is 0 Å². The van der Waals surface area contributed by atoms with Gasteiger partial charge in [-0.15, -0.1) is 0 Å². The Kier molecular flexibility index (Phi) is 14.4. The summed E-state index contributed by atoms with van der Waals surface area (Å²) in [5.41, 5.74) is 2.83. The van der Waals surface area contributed by atoms with Crippen LogP contribution in [0.25, 0.3) is 11.3 Å². The smallest absolute Gasteiger partial charge is 0.405 e. The van der Waals surface area contributed by atoms with Crippen molar-refractivity contribution < 1.29 is 34.5 Å². The number of urea groups is 1. The fourth-order valence-corrected chi connectivity index (χ4v) is 7.59. The number of aromatic nitrogens is 1. The Hall–Kier alpha value is -5.95. The molecule has 0 saturated carbocycles. The Balaban J connectivity index is 1.41. The van der Waals surface area contributed by atoms with Gasteiger partial charge in [-0.1, -0.05) is 114 Å². The molecule has 4 aromatic rings. The molecule has 13 nitrogen and oxygen atoms in total. The zero-order chi connectivity index (χ0) is 42.9. The first kappa shape index (κ1) is 44.2. The van der Waals surface area contributed by atoms with Crippen molar-refractivity contribution >= 4 is 23.9 Å². The summed E-state index contributed by atoms with van der Waals surface area (Å²) < 4.78 is 0. The standard InChI is InChI=1S/C46H58N6O7/c1-45(2,3)39(50-43(57)58)41(55)48-34(26-31-15-19-33(20-16-31)36-14-10-11-23-47-36)28-38(54)37(27-30-12-8-7-9-13-30)49-42(56)40(46(4,5)6)52-25-24-51(44(52)59)29-32-17-21-35(53)22-18-32/h7-23,34,37-40,50,53-54H,24-29H2,1-6H3,(H,48,55)(H,49,56)(H,57,58)/t34-,37-,38-,39+,40+/m0/s1. The number of benzene rings is 3. The average molecular weight is 807 g/mol. The van der Waals surface area contributed by atoms with Gasteiger partial charge in [0.05, 0.1) is 17.8 Å². The lowest BCUT2D eigenvalue weighted by Crippen LogP contribution is -2.59. The highest BCUT2D eigenvalue weighted by Crippen LogP contribution is 2.30. The van der Waals surface area contributed by atoms with Crippen LogP contribution in [-0.2, 0) is 29.0 Å². The third kappa shape index (κ3) is 12.3. The summed E-state index contributed by atoms with van der Waals surface area (Å²) in [4.78, 5) is 61.7. The van der Waals surface area contributed by atoms with Crippen LogP contribution in [0, 0.1) is 10.8 Å². The zero-order valence-electron chi connectivity index (χ0n) is 34.8. The van der Waals surface area contributed by atoms with Crippen molar-refractivity contribution in [3.05, 3.63) is 120 Å². The molecule has 59 heavy (non-hydrogen) atoms. The van der Waals surface area contributed by atoms with Gasteiger partial charge in [0, 0.05) is 37.4 Å². The van der Waals surface area contributed by atoms with E-state index in [-0.39, 0.29) is 24.6 Å². The third-order valence-electron chi connectivity index (χ3n) is 10.6. The normalized spacial score (nSPS) is 15.8. The second-order valence-electron chi connectivity index (χ2n) is 17.5. The molecule has 2 heterocycles. The van der Waals surface area contributed by atoms with E-state index in [1.54, 1.807) is 61.0 Å². The molecular formula is C46H58N6O7. The predicted octanol–water partition coefficient (Wildman–Crippen LogP) is 5.99. The van der Waals surface area contributed by atoms with Gasteiger partial charge < -0.3 is 41.1 Å². The molecule has 0 spiro atoms. The summed E-state index contributed by atoms with van der Waals surface area (Å²) >= 11 is 0. The van der Waals surface area contributed by atoms with E-state index in [1.807, 2.05) is 93.6 Å². The van der Waals surface area contributed by atoms with Crippen LogP contribution in [0.4, 0.5) is 9.59 Å². The summed E-state index contributed by atoms with van der Waals surface area (Å²) in [5, 5.41) is 40.0. The fourth-order valence-electron chi connectivity index (χ4n) is 7.59. The van der Waals surface area contributed by atoms with Crippen molar-refractivity contribution in [1.29, 1.82) is 0 Å². The maximum atomic E-state index is 14.5. The molecule has 1 aliphatic heterocycles. The molecule has 6 N–H and O–H groups in total. The van der Waals surface area contributed by atoms with E-state index in [1.165, 1.54) is 0 Å². The summed E-state index contributed by atoms with van der Waals surface area (Å²) in [6.45, 7) is 12.1. The number of aliphatic hydroxyl groups excluding tert-OH is 1. The van der Waals surface area contributed by atoms with E-state index in [4.69, 9.17) is 0 Å². The van der Waals surface area contributed by atoms with Crippen LogP contribution in [0.5, 0.6) is 5.75 Å². The summed E-state index contributed by atoms with van der Waals surface area (Å²) in [6, 6.07) is 25.8. The lowest BCUT2D eigenvalue weighted by Gasteiger charge is -2.38. The first-order chi connectivity index (χ1) is 27.9. The number of aliphatic hydroxyl groups is 1. The van der Waals surface area contributed by atoms with E-state index < -0.39 is 59.0 Å². The maximum absolute atomic E-state index is 14.5. The topological polar surface area (TPSA) is 184 Å². The number of amides is 5. The molecule has 13 heteroatoms. The third-order valence-corrected chi connectivity index (χ3v) is 10.6. The summed E-state index contributed by atoms with van der Waals surface area (Å²) in [6.07, 6.45) is -0.224. The van der Waals surface area contributed by atoms with E-state index in [9.17, 15) is 34.5 Å². The predicted molar refractivity (Wildman–Crippen MR) is 226 cm³/mol. The van der Waals surface area contributed by atoms with E-state index >= 15 is 0 Å². The van der Waals surface area contributed by atoms with Gasteiger partial charge in [-0.25, -0.2) is 9.59 Å². The highest BCUT2D eigenvalue weighted by atomic mass is 16.4. The number of phenolic OH excluding ortho intramolecular Hbond substituents is 1. The van der Waals surface area contributed by atoms with Crippen molar-refractivity contribution in [2.75, 3.05) is 13.1 Å².